The Kier molecular flexibility index (Phi) is 14.2. The second-order valence-electron chi connectivity index (χ2n) is 13.9. The van der Waals surface area contributed by atoms with Gasteiger partial charge in [-0.15, -0.1) is 0 Å². The molecule has 0 spiro atoms. The standard InChI is InChI=1S/C46H50O9/c1-33-40(49-28-35-19-9-3-10-20-35)42(50-29-36-21-11-4-12-22-36)44(52-31-38-25-15-6-16-26-38)46(54-33)55-41-39(48-27-34-17-7-2-8-18-34)32-53-45(47)43(41)51-30-37-23-13-5-14-24-37/h2-26,33,39-47H,27-32H2,1H3/t33-,39+,40-,41-,42+,43+,44+,45-,46-/m0/s1. The smallest absolute Gasteiger partial charge is 0.187 e. The van der Waals surface area contributed by atoms with E-state index in [0.29, 0.717) is 19.8 Å². The van der Waals surface area contributed by atoms with Crippen molar-refractivity contribution in [2.24, 2.45) is 0 Å². The fourth-order valence-corrected chi connectivity index (χ4v) is 6.92. The van der Waals surface area contributed by atoms with Crippen molar-refractivity contribution >= 4 is 0 Å². The van der Waals surface area contributed by atoms with Crippen LogP contribution in [0.5, 0.6) is 0 Å². The van der Waals surface area contributed by atoms with Crippen LogP contribution in [-0.2, 0) is 70.9 Å². The Hall–Kier alpha value is -4.26. The number of hydrogen-bond donors (Lipinski definition) is 1. The fourth-order valence-electron chi connectivity index (χ4n) is 6.92. The highest BCUT2D eigenvalue weighted by atomic mass is 16.7. The van der Waals surface area contributed by atoms with E-state index in [-0.39, 0.29) is 19.8 Å². The molecule has 5 aromatic rings. The molecule has 2 aliphatic heterocycles. The lowest BCUT2D eigenvalue weighted by atomic mass is 9.97. The van der Waals surface area contributed by atoms with Gasteiger partial charge in [0, 0.05) is 0 Å². The molecule has 0 aliphatic carbocycles. The van der Waals surface area contributed by atoms with Crippen LogP contribution in [-0.4, -0.2) is 67.0 Å². The summed E-state index contributed by atoms with van der Waals surface area (Å²) in [6, 6.07) is 49.7. The quantitative estimate of drug-likeness (QED) is 0.105. The van der Waals surface area contributed by atoms with E-state index < -0.39 is 55.3 Å². The van der Waals surface area contributed by atoms with Crippen molar-refractivity contribution in [1.82, 2.24) is 0 Å². The van der Waals surface area contributed by atoms with Crippen molar-refractivity contribution in [2.75, 3.05) is 6.61 Å². The first-order chi connectivity index (χ1) is 27.1. The van der Waals surface area contributed by atoms with Crippen LogP contribution in [0.4, 0.5) is 0 Å². The Morgan fingerprint density at radius 2 is 0.818 bits per heavy atom. The van der Waals surface area contributed by atoms with E-state index in [9.17, 15) is 5.11 Å². The third-order valence-electron chi connectivity index (χ3n) is 9.87. The first-order valence-corrected chi connectivity index (χ1v) is 19.0. The molecule has 7 rings (SSSR count). The predicted molar refractivity (Wildman–Crippen MR) is 206 cm³/mol. The minimum Gasteiger partial charge on any atom is -0.368 e. The molecular formula is C46H50O9. The summed E-state index contributed by atoms with van der Waals surface area (Å²) in [7, 11) is 0. The highest BCUT2D eigenvalue weighted by Crippen LogP contribution is 2.34. The molecule has 0 amide bonds. The van der Waals surface area contributed by atoms with E-state index in [1.165, 1.54) is 0 Å². The maximum Gasteiger partial charge on any atom is 0.187 e. The summed E-state index contributed by atoms with van der Waals surface area (Å²) in [5.41, 5.74) is 4.97. The van der Waals surface area contributed by atoms with E-state index in [2.05, 4.69) is 0 Å². The van der Waals surface area contributed by atoms with Crippen LogP contribution in [0, 0.1) is 0 Å². The molecule has 2 aliphatic rings. The summed E-state index contributed by atoms with van der Waals surface area (Å²) in [6.07, 6.45) is -6.94. The second-order valence-corrected chi connectivity index (χ2v) is 13.9. The van der Waals surface area contributed by atoms with Gasteiger partial charge in [0.15, 0.2) is 12.6 Å². The Bertz CT molecular complexity index is 1800. The third-order valence-corrected chi connectivity index (χ3v) is 9.87. The van der Waals surface area contributed by atoms with E-state index in [4.69, 9.17) is 37.9 Å². The SMILES string of the molecule is C[C@@H]1O[C@@H](O[C@@H]2[C@@H](OCc3ccccc3)[C@@H](O)OC[C@H]2OCc2ccccc2)[C@H](OCc2ccccc2)[C@H](OCc2ccccc2)[C@H]1OCc1ccccc1. The van der Waals surface area contributed by atoms with Crippen molar-refractivity contribution in [2.45, 2.75) is 95.3 Å². The molecule has 0 aromatic heterocycles. The van der Waals surface area contributed by atoms with Crippen LogP contribution in [0.2, 0.25) is 0 Å². The average Bonchev–Trinajstić information content (AvgIpc) is 3.23. The van der Waals surface area contributed by atoms with E-state index >= 15 is 0 Å². The van der Waals surface area contributed by atoms with Gasteiger partial charge < -0.3 is 43.0 Å². The Labute approximate surface area is 323 Å². The van der Waals surface area contributed by atoms with Crippen molar-refractivity contribution in [1.29, 1.82) is 0 Å². The molecule has 5 aromatic carbocycles. The zero-order valence-electron chi connectivity index (χ0n) is 31.1. The molecule has 2 heterocycles. The zero-order valence-corrected chi connectivity index (χ0v) is 31.1. The fraction of sp³-hybridized carbons (Fsp3) is 0.348. The van der Waals surface area contributed by atoms with Crippen LogP contribution in [0.25, 0.3) is 0 Å². The van der Waals surface area contributed by atoms with Gasteiger partial charge in [0.2, 0.25) is 0 Å². The van der Waals surface area contributed by atoms with Crippen molar-refractivity contribution < 1.29 is 43.0 Å². The molecule has 2 fully saturated rings. The lowest BCUT2D eigenvalue weighted by Crippen LogP contribution is -2.63. The summed E-state index contributed by atoms with van der Waals surface area (Å²) < 4.78 is 52.7. The van der Waals surface area contributed by atoms with Crippen LogP contribution in [0.15, 0.2) is 152 Å². The van der Waals surface area contributed by atoms with Gasteiger partial charge in [-0.1, -0.05) is 152 Å². The molecular weight excluding hydrogens is 696 g/mol. The molecule has 0 radical (unpaired) electrons. The molecule has 0 saturated carbocycles. The van der Waals surface area contributed by atoms with Gasteiger partial charge >= 0.3 is 0 Å². The van der Waals surface area contributed by atoms with Crippen molar-refractivity contribution in [3.05, 3.63) is 179 Å². The topological polar surface area (TPSA) is 94.1 Å². The first kappa shape index (κ1) is 39.0. The van der Waals surface area contributed by atoms with Gasteiger partial charge in [0.1, 0.15) is 36.6 Å². The summed E-state index contributed by atoms with van der Waals surface area (Å²) >= 11 is 0. The number of rotatable bonds is 17. The summed E-state index contributed by atoms with van der Waals surface area (Å²) in [5.74, 6) is 0. The largest absolute Gasteiger partial charge is 0.368 e. The highest BCUT2D eigenvalue weighted by Gasteiger charge is 2.51. The molecule has 55 heavy (non-hydrogen) atoms. The Morgan fingerprint density at radius 1 is 0.455 bits per heavy atom. The lowest BCUT2D eigenvalue weighted by Gasteiger charge is -2.48. The predicted octanol–water partition coefficient (Wildman–Crippen LogP) is 7.39. The van der Waals surface area contributed by atoms with Crippen molar-refractivity contribution in [3.8, 4) is 0 Å². The number of hydrogen-bond acceptors (Lipinski definition) is 9. The molecule has 1 N–H and O–H groups in total. The molecule has 9 atom stereocenters. The van der Waals surface area contributed by atoms with Gasteiger partial charge in [0.05, 0.1) is 45.7 Å². The second kappa shape index (κ2) is 20.1. The van der Waals surface area contributed by atoms with Gasteiger partial charge in [-0.05, 0) is 34.7 Å². The first-order valence-electron chi connectivity index (χ1n) is 19.0. The van der Waals surface area contributed by atoms with Crippen molar-refractivity contribution in [3.63, 3.8) is 0 Å². The number of aliphatic hydroxyl groups is 1. The van der Waals surface area contributed by atoms with Crippen LogP contribution in [0.3, 0.4) is 0 Å². The minimum atomic E-state index is -1.28. The van der Waals surface area contributed by atoms with Gasteiger partial charge in [-0.3, -0.25) is 0 Å². The van der Waals surface area contributed by atoms with Crippen LogP contribution >= 0.6 is 0 Å². The van der Waals surface area contributed by atoms with Gasteiger partial charge in [0.25, 0.3) is 0 Å². The molecule has 2 saturated heterocycles. The molecule has 0 unspecified atom stereocenters. The van der Waals surface area contributed by atoms with Gasteiger partial charge in [-0.25, -0.2) is 0 Å². The molecule has 288 valence electrons. The zero-order chi connectivity index (χ0) is 37.7. The molecule has 9 nitrogen and oxygen atoms in total. The lowest BCUT2D eigenvalue weighted by molar-refractivity contribution is -0.361. The normalized spacial score (nSPS) is 26.8. The number of aliphatic hydroxyl groups excluding tert-OH is 1. The molecule has 0 bridgehead atoms. The summed E-state index contributed by atoms with van der Waals surface area (Å²) in [5, 5.41) is 11.3. The Morgan fingerprint density at radius 3 is 1.25 bits per heavy atom. The summed E-state index contributed by atoms with van der Waals surface area (Å²) in [4.78, 5) is 0. The monoisotopic (exact) mass is 746 g/mol. The number of benzene rings is 5. The van der Waals surface area contributed by atoms with E-state index in [0.717, 1.165) is 27.8 Å². The highest BCUT2D eigenvalue weighted by molar-refractivity contribution is 5.17. The van der Waals surface area contributed by atoms with Gasteiger partial charge in [-0.2, -0.15) is 0 Å². The average molecular weight is 747 g/mol. The third kappa shape index (κ3) is 11.0. The number of ether oxygens (including phenoxy) is 8. The van der Waals surface area contributed by atoms with E-state index in [1.807, 2.05) is 159 Å². The van der Waals surface area contributed by atoms with Crippen LogP contribution < -0.4 is 0 Å². The maximum atomic E-state index is 11.3. The van der Waals surface area contributed by atoms with Crippen LogP contribution in [0.1, 0.15) is 34.7 Å². The Balaban J connectivity index is 1.19. The molecule has 9 heteroatoms. The minimum absolute atomic E-state index is 0.0818. The maximum absolute atomic E-state index is 11.3. The summed E-state index contributed by atoms with van der Waals surface area (Å²) in [6.45, 7) is 3.54. The van der Waals surface area contributed by atoms with E-state index in [1.54, 1.807) is 0 Å².